The molecule has 0 spiro atoms. The summed E-state index contributed by atoms with van der Waals surface area (Å²) in [6.07, 6.45) is 5.34. The van der Waals surface area contributed by atoms with Gasteiger partial charge in [0, 0.05) is 50.0 Å². The van der Waals surface area contributed by atoms with Crippen LogP contribution in [-0.2, 0) is 40.1 Å². The molecule has 8 nitrogen and oxygen atoms in total. The highest BCUT2D eigenvalue weighted by Gasteiger charge is 2.39. The Balaban J connectivity index is 1.14. The summed E-state index contributed by atoms with van der Waals surface area (Å²) in [5.74, 6) is 0.977. The van der Waals surface area contributed by atoms with Crippen molar-refractivity contribution in [3.05, 3.63) is 52.2 Å². The largest absolute Gasteiger partial charge is 0.496 e. The van der Waals surface area contributed by atoms with Crippen LogP contribution in [0.3, 0.4) is 0 Å². The van der Waals surface area contributed by atoms with E-state index in [4.69, 9.17) is 19.2 Å². The number of aromatic nitrogens is 1. The molecule has 2 aromatic rings. The van der Waals surface area contributed by atoms with Crippen LogP contribution in [0.15, 0.2) is 24.3 Å². The van der Waals surface area contributed by atoms with Gasteiger partial charge in [0.05, 0.1) is 25.9 Å². The Hall–Kier alpha value is -2.75. The number of methoxy groups -OCH3 is 1. The molecule has 4 heterocycles. The van der Waals surface area contributed by atoms with Gasteiger partial charge >= 0.3 is 5.97 Å². The van der Waals surface area contributed by atoms with E-state index in [0.29, 0.717) is 32.7 Å². The molecule has 0 saturated carbocycles. The Morgan fingerprint density at radius 1 is 1.32 bits per heavy atom. The van der Waals surface area contributed by atoms with Crippen LogP contribution in [-0.4, -0.2) is 72.2 Å². The van der Waals surface area contributed by atoms with E-state index in [1.54, 1.807) is 7.11 Å². The van der Waals surface area contributed by atoms with Crippen molar-refractivity contribution in [3.8, 4) is 5.75 Å². The Morgan fingerprint density at radius 3 is 2.95 bits per heavy atom. The van der Waals surface area contributed by atoms with Gasteiger partial charge in [-0.1, -0.05) is 18.2 Å². The Bertz CT molecular complexity index is 1180. The SMILES string of the molecule is COc1cc(CCCCO[C@@H]2CCN([C@@H](C(=O)O)c3cccc4c3CC(C(C)(C)F)OC4)C2)nc2c1CCCN2. The van der Waals surface area contributed by atoms with Gasteiger partial charge in [-0.3, -0.25) is 9.69 Å². The first kappa shape index (κ1) is 28.8. The topological polar surface area (TPSA) is 93.2 Å². The maximum atomic E-state index is 14.7. The van der Waals surface area contributed by atoms with E-state index < -0.39 is 23.8 Å². The molecule has 0 radical (unpaired) electrons. The number of carboxylic acid groups (broad SMARTS) is 1. The van der Waals surface area contributed by atoms with Crippen LogP contribution in [0.2, 0.25) is 0 Å². The number of aryl methyl sites for hydroxylation is 1. The predicted octanol–water partition coefficient (Wildman–Crippen LogP) is 4.88. The molecule has 0 aliphatic carbocycles. The summed E-state index contributed by atoms with van der Waals surface area (Å²) in [6, 6.07) is 6.96. The van der Waals surface area contributed by atoms with Crippen molar-refractivity contribution in [2.75, 3.05) is 38.7 Å². The fraction of sp³-hybridized carbons (Fsp3) is 0.613. The Labute approximate surface area is 236 Å². The van der Waals surface area contributed by atoms with E-state index >= 15 is 0 Å². The summed E-state index contributed by atoms with van der Waals surface area (Å²) in [7, 11) is 1.71. The first-order valence-corrected chi connectivity index (χ1v) is 14.5. The number of hydrogen-bond donors (Lipinski definition) is 2. The minimum absolute atomic E-state index is 0.00610. The monoisotopic (exact) mass is 555 g/mol. The average Bonchev–Trinajstić information content (AvgIpc) is 3.39. The number of pyridine rings is 1. The van der Waals surface area contributed by atoms with E-state index in [9.17, 15) is 14.3 Å². The zero-order valence-corrected chi connectivity index (χ0v) is 23.9. The summed E-state index contributed by atoms with van der Waals surface area (Å²) >= 11 is 0. The molecule has 218 valence electrons. The van der Waals surface area contributed by atoms with E-state index in [2.05, 4.69) is 11.4 Å². The maximum Gasteiger partial charge on any atom is 0.325 e. The van der Waals surface area contributed by atoms with Crippen LogP contribution in [0.1, 0.15) is 73.5 Å². The molecule has 1 unspecified atom stereocenters. The number of carboxylic acids is 1. The fourth-order valence-corrected chi connectivity index (χ4v) is 6.21. The second-order valence-electron chi connectivity index (χ2n) is 11.7. The number of fused-ring (bicyclic) bond motifs is 2. The summed E-state index contributed by atoms with van der Waals surface area (Å²) in [5.41, 5.74) is 3.28. The number of nitrogens with one attached hydrogen (secondary N) is 1. The lowest BCUT2D eigenvalue weighted by Gasteiger charge is -2.35. The molecule has 3 aliphatic heterocycles. The number of anilines is 1. The van der Waals surface area contributed by atoms with Gasteiger partial charge in [-0.05, 0) is 69.1 Å². The average molecular weight is 556 g/mol. The summed E-state index contributed by atoms with van der Waals surface area (Å²) < 4.78 is 32.3. The minimum atomic E-state index is -1.50. The standard InChI is InChI=1S/C31H42FN3O5/c1-31(2,32)27-17-25-20(19-40-27)8-6-10-23(25)28(30(36)37)35-14-12-22(18-35)39-15-5-4-9-21-16-26(38-3)24-11-7-13-33-29(24)34-21/h6,8,10,16,22,27-28H,4-5,7,9,11-15,17-19H2,1-3H3,(H,33,34)(H,36,37)/t22-,27?,28-/m1/s1. The molecule has 3 atom stereocenters. The zero-order chi connectivity index (χ0) is 28.3. The number of likely N-dealkylation sites (tertiary alicyclic amines) is 1. The van der Waals surface area contributed by atoms with Crippen molar-refractivity contribution < 1.29 is 28.5 Å². The second-order valence-corrected chi connectivity index (χ2v) is 11.7. The first-order chi connectivity index (χ1) is 19.2. The lowest BCUT2D eigenvalue weighted by atomic mass is 9.86. The highest BCUT2D eigenvalue weighted by molar-refractivity contribution is 5.76. The maximum absolute atomic E-state index is 14.7. The van der Waals surface area contributed by atoms with Crippen LogP contribution in [0.5, 0.6) is 5.75 Å². The van der Waals surface area contributed by atoms with Crippen LogP contribution in [0.25, 0.3) is 0 Å². The number of ether oxygens (including phenoxy) is 3. The fourth-order valence-electron chi connectivity index (χ4n) is 6.21. The lowest BCUT2D eigenvalue weighted by Crippen LogP contribution is -2.40. The third-order valence-electron chi connectivity index (χ3n) is 8.41. The summed E-state index contributed by atoms with van der Waals surface area (Å²) in [6.45, 7) is 6.10. The van der Waals surface area contributed by atoms with Gasteiger partial charge in [0.25, 0.3) is 0 Å². The minimum Gasteiger partial charge on any atom is -0.496 e. The van der Waals surface area contributed by atoms with Gasteiger partial charge in [0.15, 0.2) is 0 Å². The molecule has 9 heteroatoms. The number of rotatable bonds is 11. The van der Waals surface area contributed by atoms with Crippen molar-refractivity contribution in [1.82, 2.24) is 9.88 Å². The molecule has 0 bridgehead atoms. The molecular formula is C31H42FN3O5. The first-order valence-electron chi connectivity index (χ1n) is 14.5. The van der Waals surface area contributed by atoms with E-state index in [1.165, 1.54) is 19.4 Å². The second kappa shape index (κ2) is 12.4. The highest BCUT2D eigenvalue weighted by atomic mass is 19.1. The molecule has 3 aliphatic rings. The van der Waals surface area contributed by atoms with Crippen LogP contribution >= 0.6 is 0 Å². The van der Waals surface area contributed by atoms with Gasteiger partial charge in [0.1, 0.15) is 23.3 Å². The predicted molar refractivity (Wildman–Crippen MR) is 151 cm³/mol. The zero-order valence-electron chi connectivity index (χ0n) is 23.9. The van der Waals surface area contributed by atoms with Gasteiger partial charge in [0.2, 0.25) is 0 Å². The van der Waals surface area contributed by atoms with Gasteiger partial charge in [-0.25, -0.2) is 9.37 Å². The van der Waals surface area contributed by atoms with E-state index in [1.807, 2.05) is 23.1 Å². The Kier molecular flexibility index (Phi) is 8.92. The molecule has 5 rings (SSSR count). The molecule has 0 amide bonds. The van der Waals surface area contributed by atoms with Crippen LogP contribution in [0, 0.1) is 0 Å². The third kappa shape index (κ3) is 6.42. The number of alkyl halides is 1. The summed E-state index contributed by atoms with van der Waals surface area (Å²) in [4.78, 5) is 19.3. The van der Waals surface area contributed by atoms with Crippen molar-refractivity contribution in [2.45, 2.75) is 89.3 Å². The number of nitrogens with zero attached hydrogens (tertiary/aromatic N) is 2. The lowest BCUT2D eigenvalue weighted by molar-refractivity contribution is -0.143. The van der Waals surface area contributed by atoms with Crippen molar-refractivity contribution in [1.29, 1.82) is 0 Å². The smallest absolute Gasteiger partial charge is 0.325 e. The van der Waals surface area contributed by atoms with Crippen molar-refractivity contribution >= 4 is 11.8 Å². The number of unbranched alkanes of at least 4 members (excludes halogenated alkanes) is 1. The van der Waals surface area contributed by atoms with Gasteiger partial charge in [-0.2, -0.15) is 0 Å². The quantitative estimate of drug-likeness (QED) is 0.379. The number of carbonyl (C=O) groups is 1. The van der Waals surface area contributed by atoms with Crippen LogP contribution < -0.4 is 10.1 Å². The number of benzene rings is 1. The summed E-state index contributed by atoms with van der Waals surface area (Å²) in [5, 5.41) is 13.6. The van der Waals surface area contributed by atoms with Crippen molar-refractivity contribution in [3.63, 3.8) is 0 Å². The number of hydrogen-bond acceptors (Lipinski definition) is 7. The highest BCUT2D eigenvalue weighted by Crippen LogP contribution is 2.36. The molecule has 1 saturated heterocycles. The number of halogens is 1. The van der Waals surface area contributed by atoms with E-state index in [0.717, 1.165) is 79.0 Å². The molecule has 40 heavy (non-hydrogen) atoms. The van der Waals surface area contributed by atoms with Gasteiger partial charge in [-0.15, -0.1) is 0 Å². The molecule has 1 aromatic heterocycles. The Morgan fingerprint density at radius 2 is 2.17 bits per heavy atom. The van der Waals surface area contributed by atoms with Crippen molar-refractivity contribution in [2.24, 2.45) is 0 Å². The van der Waals surface area contributed by atoms with Crippen LogP contribution in [0.4, 0.5) is 10.2 Å². The molecule has 1 fully saturated rings. The molecular weight excluding hydrogens is 513 g/mol. The molecule has 1 aromatic carbocycles. The van der Waals surface area contributed by atoms with Gasteiger partial charge < -0.3 is 24.6 Å². The number of aliphatic carboxylic acids is 1. The molecule has 2 N–H and O–H groups in total. The van der Waals surface area contributed by atoms with E-state index in [-0.39, 0.29) is 6.10 Å². The normalized spacial score (nSPS) is 21.8. The third-order valence-corrected chi connectivity index (χ3v) is 8.41.